The van der Waals surface area contributed by atoms with Crippen LogP contribution in [0.1, 0.15) is 17.0 Å². The molecular weight excluding hydrogens is 153 g/mol. The van der Waals surface area contributed by atoms with Crippen LogP contribution in [0.4, 0.5) is 4.39 Å². The van der Waals surface area contributed by atoms with Gasteiger partial charge in [-0.2, -0.15) is 5.26 Å². The van der Waals surface area contributed by atoms with E-state index in [9.17, 15) is 4.39 Å². The van der Waals surface area contributed by atoms with Crippen molar-refractivity contribution in [3.05, 3.63) is 41.2 Å². The topological polar surface area (TPSA) is 23.8 Å². The van der Waals surface area contributed by atoms with Gasteiger partial charge in [0, 0.05) is 5.56 Å². The fourth-order valence-corrected chi connectivity index (χ4v) is 1.43. The SMILES string of the molecule is N#CC1C=Cc2cccc(F)c21. The quantitative estimate of drug-likeness (QED) is 0.570. The molecule has 0 N–H and O–H groups in total. The van der Waals surface area contributed by atoms with Gasteiger partial charge in [-0.1, -0.05) is 24.3 Å². The summed E-state index contributed by atoms with van der Waals surface area (Å²) in [4.78, 5) is 0. The van der Waals surface area contributed by atoms with Crippen LogP contribution in [0.5, 0.6) is 0 Å². The lowest BCUT2D eigenvalue weighted by molar-refractivity contribution is 0.611. The highest BCUT2D eigenvalue weighted by Crippen LogP contribution is 2.31. The molecule has 0 heterocycles. The molecule has 1 aromatic rings. The van der Waals surface area contributed by atoms with Crippen molar-refractivity contribution < 1.29 is 4.39 Å². The summed E-state index contributed by atoms with van der Waals surface area (Å²) in [6.07, 6.45) is 3.50. The fraction of sp³-hybridized carbons (Fsp3) is 0.100. The number of halogens is 1. The Morgan fingerprint density at radius 3 is 3.00 bits per heavy atom. The van der Waals surface area contributed by atoms with Gasteiger partial charge in [-0.3, -0.25) is 0 Å². The maximum absolute atomic E-state index is 13.1. The second-order valence-electron chi connectivity index (χ2n) is 2.71. The summed E-state index contributed by atoms with van der Waals surface area (Å²) < 4.78 is 13.1. The highest BCUT2D eigenvalue weighted by atomic mass is 19.1. The molecule has 58 valence electrons. The van der Waals surface area contributed by atoms with E-state index in [0.717, 1.165) is 5.56 Å². The molecule has 0 saturated carbocycles. The number of rotatable bonds is 0. The first-order valence-electron chi connectivity index (χ1n) is 3.69. The van der Waals surface area contributed by atoms with Gasteiger partial charge in [0.25, 0.3) is 0 Å². The minimum absolute atomic E-state index is 0.288. The molecule has 0 aliphatic heterocycles. The van der Waals surface area contributed by atoms with E-state index in [0.29, 0.717) is 5.56 Å². The zero-order valence-electron chi connectivity index (χ0n) is 6.29. The number of hydrogen-bond acceptors (Lipinski definition) is 1. The lowest BCUT2D eigenvalue weighted by Gasteiger charge is -2.02. The van der Waals surface area contributed by atoms with Crippen molar-refractivity contribution in [1.29, 1.82) is 5.26 Å². The van der Waals surface area contributed by atoms with Gasteiger partial charge in [0.15, 0.2) is 0 Å². The van der Waals surface area contributed by atoms with Crippen LogP contribution in [0.25, 0.3) is 6.08 Å². The molecule has 0 aromatic heterocycles. The molecule has 12 heavy (non-hydrogen) atoms. The van der Waals surface area contributed by atoms with E-state index in [-0.39, 0.29) is 5.82 Å². The molecule has 0 fully saturated rings. The summed E-state index contributed by atoms with van der Waals surface area (Å²) in [5, 5.41) is 8.67. The number of fused-ring (bicyclic) bond motifs is 1. The van der Waals surface area contributed by atoms with Gasteiger partial charge in [-0.05, 0) is 11.6 Å². The van der Waals surface area contributed by atoms with E-state index < -0.39 is 5.92 Å². The summed E-state index contributed by atoms with van der Waals surface area (Å²) in [6.45, 7) is 0. The monoisotopic (exact) mass is 159 g/mol. The van der Waals surface area contributed by atoms with Crippen molar-refractivity contribution in [2.24, 2.45) is 0 Å². The van der Waals surface area contributed by atoms with Gasteiger partial charge >= 0.3 is 0 Å². The van der Waals surface area contributed by atoms with E-state index in [1.54, 1.807) is 18.2 Å². The Labute approximate surface area is 69.8 Å². The van der Waals surface area contributed by atoms with Gasteiger partial charge in [-0.15, -0.1) is 0 Å². The van der Waals surface area contributed by atoms with Crippen molar-refractivity contribution in [2.75, 3.05) is 0 Å². The molecule has 1 aliphatic carbocycles. The highest BCUT2D eigenvalue weighted by molar-refractivity contribution is 5.64. The first-order chi connectivity index (χ1) is 5.83. The van der Waals surface area contributed by atoms with Crippen molar-refractivity contribution in [2.45, 2.75) is 5.92 Å². The van der Waals surface area contributed by atoms with Crippen molar-refractivity contribution in [3.8, 4) is 6.07 Å². The largest absolute Gasteiger partial charge is 0.207 e. The van der Waals surface area contributed by atoms with E-state index >= 15 is 0 Å². The van der Waals surface area contributed by atoms with E-state index in [1.165, 1.54) is 6.07 Å². The number of hydrogen-bond donors (Lipinski definition) is 0. The third-order valence-corrected chi connectivity index (χ3v) is 2.00. The molecule has 1 nitrogen and oxygen atoms in total. The molecule has 1 unspecified atom stereocenters. The summed E-state index contributed by atoms with van der Waals surface area (Å²) in [6, 6.07) is 6.88. The molecule has 0 amide bonds. The summed E-state index contributed by atoms with van der Waals surface area (Å²) >= 11 is 0. The number of nitriles is 1. The van der Waals surface area contributed by atoms with E-state index in [2.05, 4.69) is 0 Å². The smallest absolute Gasteiger partial charge is 0.128 e. The Kier molecular flexibility index (Phi) is 1.44. The van der Waals surface area contributed by atoms with Crippen LogP contribution in [0.3, 0.4) is 0 Å². The first kappa shape index (κ1) is 7.05. The third-order valence-electron chi connectivity index (χ3n) is 2.00. The molecule has 0 saturated heterocycles. The Morgan fingerprint density at radius 1 is 1.42 bits per heavy atom. The van der Waals surface area contributed by atoms with Gasteiger partial charge in [0.2, 0.25) is 0 Å². The first-order valence-corrected chi connectivity index (χ1v) is 3.69. The molecule has 0 spiro atoms. The minimum atomic E-state index is -0.402. The van der Waals surface area contributed by atoms with Crippen LogP contribution < -0.4 is 0 Å². The number of allylic oxidation sites excluding steroid dienone is 1. The zero-order valence-corrected chi connectivity index (χ0v) is 6.29. The Bertz CT molecular complexity index is 387. The lowest BCUT2D eigenvalue weighted by Crippen LogP contribution is -1.93. The molecule has 1 atom stereocenters. The average Bonchev–Trinajstić information content (AvgIpc) is 2.49. The molecule has 2 heteroatoms. The predicted octanol–water partition coefficient (Wildman–Crippen LogP) is 2.46. The van der Waals surface area contributed by atoms with Crippen molar-refractivity contribution in [3.63, 3.8) is 0 Å². The standard InChI is InChI=1S/C10H6FN/c11-9-3-1-2-7-4-5-8(6-12)10(7)9/h1-5,8H. The van der Waals surface area contributed by atoms with Crippen LogP contribution in [0.15, 0.2) is 24.3 Å². The molecule has 1 aliphatic rings. The van der Waals surface area contributed by atoms with Crippen LogP contribution in [0, 0.1) is 17.1 Å². The summed E-state index contributed by atoms with van der Waals surface area (Å²) in [5.41, 5.74) is 1.33. The maximum Gasteiger partial charge on any atom is 0.128 e. The number of nitrogens with zero attached hydrogens (tertiary/aromatic N) is 1. The second-order valence-corrected chi connectivity index (χ2v) is 2.71. The fourth-order valence-electron chi connectivity index (χ4n) is 1.43. The van der Waals surface area contributed by atoms with E-state index in [4.69, 9.17) is 5.26 Å². The Hall–Kier alpha value is -1.62. The normalized spacial score (nSPS) is 18.8. The molecule has 1 aromatic carbocycles. The van der Waals surface area contributed by atoms with E-state index in [1.807, 2.05) is 12.1 Å². The van der Waals surface area contributed by atoms with Crippen LogP contribution in [-0.2, 0) is 0 Å². The predicted molar refractivity (Wildman–Crippen MR) is 43.8 cm³/mol. The van der Waals surface area contributed by atoms with Crippen LogP contribution >= 0.6 is 0 Å². The van der Waals surface area contributed by atoms with Gasteiger partial charge in [0.05, 0.1) is 12.0 Å². The molecule has 0 bridgehead atoms. The molecule has 0 radical (unpaired) electrons. The molecular formula is C10H6FN. The zero-order chi connectivity index (χ0) is 8.55. The van der Waals surface area contributed by atoms with Crippen molar-refractivity contribution >= 4 is 6.08 Å². The Morgan fingerprint density at radius 2 is 2.25 bits per heavy atom. The molecule has 2 rings (SSSR count). The van der Waals surface area contributed by atoms with Crippen LogP contribution in [-0.4, -0.2) is 0 Å². The van der Waals surface area contributed by atoms with Crippen LogP contribution in [0.2, 0.25) is 0 Å². The number of benzene rings is 1. The average molecular weight is 159 g/mol. The Balaban J connectivity index is 2.63. The van der Waals surface area contributed by atoms with Gasteiger partial charge < -0.3 is 0 Å². The summed E-state index contributed by atoms with van der Waals surface area (Å²) in [5.74, 6) is -0.690. The lowest BCUT2D eigenvalue weighted by atomic mass is 10.0. The van der Waals surface area contributed by atoms with Crippen molar-refractivity contribution in [1.82, 2.24) is 0 Å². The van der Waals surface area contributed by atoms with Gasteiger partial charge in [-0.25, -0.2) is 4.39 Å². The van der Waals surface area contributed by atoms with Gasteiger partial charge in [0.1, 0.15) is 5.82 Å². The highest BCUT2D eigenvalue weighted by Gasteiger charge is 2.19. The maximum atomic E-state index is 13.1. The third kappa shape index (κ3) is 0.835. The second kappa shape index (κ2) is 2.46. The summed E-state index contributed by atoms with van der Waals surface area (Å²) in [7, 11) is 0. The minimum Gasteiger partial charge on any atom is -0.207 e.